The van der Waals surface area contributed by atoms with Crippen molar-refractivity contribution < 1.29 is 4.79 Å². The normalized spacial score (nSPS) is 21.8. The molecule has 1 fully saturated rings. The van der Waals surface area contributed by atoms with Crippen LogP contribution >= 0.6 is 0 Å². The lowest BCUT2D eigenvalue weighted by atomic mass is 9.95. The molecule has 1 amide bonds. The average molecular weight is 330 g/mol. The molecule has 5 heteroatoms. The minimum atomic E-state index is -0.0609. The smallest absolute Gasteiger partial charge is 0.237 e. The Morgan fingerprint density at radius 1 is 1.29 bits per heavy atom. The van der Waals surface area contributed by atoms with Gasteiger partial charge in [-0.15, -0.1) is 0 Å². The van der Waals surface area contributed by atoms with E-state index in [0.29, 0.717) is 25.7 Å². The molecule has 0 aromatic carbocycles. The third kappa shape index (κ3) is 3.61. The summed E-state index contributed by atoms with van der Waals surface area (Å²) in [6, 6.07) is 0.569. The lowest BCUT2D eigenvalue weighted by Gasteiger charge is -2.35. The quantitative estimate of drug-likeness (QED) is 0.855. The number of likely N-dealkylation sites (tertiary alicyclic amines) is 1. The van der Waals surface area contributed by atoms with Crippen LogP contribution in [-0.2, 0) is 23.3 Å². The molecule has 0 aliphatic carbocycles. The second-order valence-corrected chi connectivity index (χ2v) is 8.19. The van der Waals surface area contributed by atoms with Gasteiger partial charge in [0.1, 0.15) is 5.82 Å². The Kier molecular flexibility index (Phi) is 4.90. The molecule has 1 atom stereocenters. The molecule has 1 aromatic rings. The van der Waals surface area contributed by atoms with E-state index in [1.165, 1.54) is 19.3 Å². The predicted molar refractivity (Wildman–Crippen MR) is 94.5 cm³/mol. The van der Waals surface area contributed by atoms with E-state index in [0.717, 1.165) is 30.0 Å². The zero-order valence-electron chi connectivity index (χ0n) is 15.5. The fourth-order valence-electron chi connectivity index (χ4n) is 3.70. The van der Waals surface area contributed by atoms with E-state index in [1.54, 1.807) is 0 Å². The van der Waals surface area contributed by atoms with E-state index in [-0.39, 0.29) is 11.3 Å². The van der Waals surface area contributed by atoms with E-state index < -0.39 is 0 Å². The third-order valence-electron chi connectivity index (χ3n) is 5.24. The van der Waals surface area contributed by atoms with E-state index in [9.17, 15) is 4.79 Å². The molecular formula is C19H30N4O. The van der Waals surface area contributed by atoms with Crippen molar-refractivity contribution in [3.8, 4) is 0 Å². The highest BCUT2D eigenvalue weighted by Gasteiger charge is 2.30. The van der Waals surface area contributed by atoms with Gasteiger partial charge in [0.15, 0.2) is 0 Å². The van der Waals surface area contributed by atoms with Crippen LogP contribution in [0.3, 0.4) is 0 Å². The van der Waals surface area contributed by atoms with Crippen LogP contribution in [-0.4, -0.2) is 44.8 Å². The molecule has 0 bridgehead atoms. The van der Waals surface area contributed by atoms with Gasteiger partial charge in [-0.2, -0.15) is 0 Å². The maximum Gasteiger partial charge on any atom is 0.237 e. The Bertz CT molecular complexity index is 608. The Morgan fingerprint density at radius 2 is 2.08 bits per heavy atom. The second kappa shape index (κ2) is 6.79. The molecule has 0 unspecified atom stereocenters. The highest BCUT2D eigenvalue weighted by Crippen LogP contribution is 2.25. The van der Waals surface area contributed by atoms with E-state index in [1.807, 2.05) is 11.1 Å². The zero-order chi connectivity index (χ0) is 17.3. The summed E-state index contributed by atoms with van der Waals surface area (Å²) in [5.74, 6) is 1.09. The van der Waals surface area contributed by atoms with E-state index in [2.05, 4.69) is 37.6 Å². The summed E-state index contributed by atoms with van der Waals surface area (Å²) in [5, 5.41) is 0. The topological polar surface area (TPSA) is 49.3 Å². The molecule has 132 valence electrons. The lowest BCUT2D eigenvalue weighted by molar-refractivity contribution is -0.134. The zero-order valence-corrected chi connectivity index (χ0v) is 15.5. The van der Waals surface area contributed by atoms with Gasteiger partial charge >= 0.3 is 0 Å². The summed E-state index contributed by atoms with van der Waals surface area (Å²) < 4.78 is 0. The molecule has 24 heavy (non-hydrogen) atoms. The van der Waals surface area contributed by atoms with E-state index in [4.69, 9.17) is 4.98 Å². The van der Waals surface area contributed by atoms with Crippen LogP contribution in [0.4, 0.5) is 0 Å². The minimum absolute atomic E-state index is 0.0609. The molecule has 2 aliphatic rings. The van der Waals surface area contributed by atoms with Crippen molar-refractivity contribution >= 4 is 5.91 Å². The van der Waals surface area contributed by atoms with Crippen molar-refractivity contribution in [2.45, 2.75) is 77.9 Å². The van der Waals surface area contributed by atoms with Crippen molar-refractivity contribution in [2.24, 2.45) is 0 Å². The Labute approximate surface area is 145 Å². The van der Waals surface area contributed by atoms with E-state index >= 15 is 0 Å². The van der Waals surface area contributed by atoms with Crippen LogP contribution in [0, 0.1) is 0 Å². The monoisotopic (exact) mass is 330 g/mol. The number of piperidine rings is 1. The van der Waals surface area contributed by atoms with Crippen LogP contribution in [0.25, 0.3) is 0 Å². The number of aromatic nitrogens is 2. The number of amides is 1. The standard InChI is InChI=1S/C19H30N4O/c1-5-15-8-6-7-9-22(15)13-17(24)23-11-14-10-20-18(19(2,3)4)21-16(14)12-23/h10,15H,5-9,11-13H2,1-4H3/t15-/m1/s1. The minimum Gasteiger partial charge on any atom is -0.331 e. The van der Waals surface area contributed by atoms with Gasteiger partial charge in [-0.05, 0) is 25.8 Å². The van der Waals surface area contributed by atoms with Crippen LogP contribution in [0.1, 0.15) is 70.5 Å². The number of hydrogen-bond donors (Lipinski definition) is 0. The first kappa shape index (κ1) is 17.3. The number of fused-ring (bicyclic) bond motifs is 1. The SMILES string of the molecule is CC[C@@H]1CCCCN1CC(=O)N1Cc2cnc(C(C)(C)C)nc2C1. The fourth-order valence-corrected chi connectivity index (χ4v) is 3.70. The number of nitrogens with zero attached hydrogens (tertiary/aromatic N) is 4. The van der Waals surface area contributed by atoms with Gasteiger partial charge in [-0.3, -0.25) is 9.69 Å². The summed E-state index contributed by atoms with van der Waals surface area (Å²) in [4.78, 5) is 26.3. The van der Waals surface area contributed by atoms with Crippen molar-refractivity contribution in [2.75, 3.05) is 13.1 Å². The van der Waals surface area contributed by atoms with Crippen molar-refractivity contribution in [1.29, 1.82) is 0 Å². The Balaban J connectivity index is 1.65. The first-order chi connectivity index (χ1) is 11.4. The first-order valence-electron chi connectivity index (χ1n) is 9.25. The molecule has 0 spiro atoms. The molecule has 3 rings (SSSR count). The summed E-state index contributed by atoms with van der Waals surface area (Å²) in [7, 11) is 0. The molecular weight excluding hydrogens is 300 g/mol. The molecule has 2 aliphatic heterocycles. The summed E-state index contributed by atoms with van der Waals surface area (Å²) in [6.07, 6.45) is 6.78. The maximum absolute atomic E-state index is 12.8. The van der Waals surface area contributed by atoms with Gasteiger partial charge in [-0.25, -0.2) is 9.97 Å². The van der Waals surface area contributed by atoms with Crippen molar-refractivity contribution in [3.63, 3.8) is 0 Å². The van der Waals surface area contributed by atoms with Crippen LogP contribution in [0.5, 0.6) is 0 Å². The Hall–Kier alpha value is -1.49. The largest absolute Gasteiger partial charge is 0.331 e. The van der Waals surface area contributed by atoms with Crippen LogP contribution in [0.2, 0.25) is 0 Å². The number of rotatable bonds is 3. The number of hydrogen-bond acceptors (Lipinski definition) is 4. The molecule has 0 radical (unpaired) electrons. The van der Waals surface area contributed by atoms with Crippen LogP contribution < -0.4 is 0 Å². The lowest BCUT2D eigenvalue weighted by Crippen LogP contribution is -2.45. The Morgan fingerprint density at radius 3 is 2.79 bits per heavy atom. The molecule has 5 nitrogen and oxygen atoms in total. The predicted octanol–water partition coefficient (Wildman–Crippen LogP) is 2.88. The van der Waals surface area contributed by atoms with Crippen molar-refractivity contribution in [1.82, 2.24) is 19.8 Å². The summed E-state index contributed by atoms with van der Waals surface area (Å²) in [5.41, 5.74) is 2.06. The number of carbonyl (C=O) groups excluding carboxylic acids is 1. The molecule has 0 saturated carbocycles. The molecule has 0 N–H and O–H groups in total. The highest BCUT2D eigenvalue weighted by atomic mass is 16.2. The average Bonchev–Trinajstić information content (AvgIpc) is 2.97. The molecule has 1 aromatic heterocycles. The van der Waals surface area contributed by atoms with Gasteiger partial charge < -0.3 is 4.90 Å². The highest BCUT2D eigenvalue weighted by molar-refractivity contribution is 5.79. The van der Waals surface area contributed by atoms with Gasteiger partial charge in [-0.1, -0.05) is 34.1 Å². The van der Waals surface area contributed by atoms with Gasteiger partial charge in [0.25, 0.3) is 0 Å². The van der Waals surface area contributed by atoms with Gasteiger partial charge in [0, 0.05) is 29.8 Å². The third-order valence-corrected chi connectivity index (χ3v) is 5.24. The van der Waals surface area contributed by atoms with Crippen LogP contribution in [0.15, 0.2) is 6.20 Å². The summed E-state index contributed by atoms with van der Waals surface area (Å²) >= 11 is 0. The summed E-state index contributed by atoms with van der Waals surface area (Å²) in [6.45, 7) is 11.5. The van der Waals surface area contributed by atoms with Gasteiger partial charge in [0.05, 0.1) is 18.8 Å². The number of carbonyl (C=O) groups is 1. The molecule has 3 heterocycles. The molecule has 1 saturated heterocycles. The first-order valence-corrected chi connectivity index (χ1v) is 9.25. The fraction of sp³-hybridized carbons (Fsp3) is 0.737. The maximum atomic E-state index is 12.8. The second-order valence-electron chi connectivity index (χ2n) is 8.19. The van der Waals surface area contributed by atoms with Crippen molar-refractivity contribution in [3.05, 3.63) is 23.3 Å². The van der Waals surface area contributed by atoms with Gasteiger partial charge in [0.2, 0.25) is 5.91 Å².